The van der Waals surface area contributed by atoms with Crippen molar-refractivity contribution < 1.29 is 14.9 Å². The lowest BCUT2D eigenvalue weighted by Gasteiger charge is -2.18. The van der Waals surface area contributed by atoms with Crippen molar-refractivity contribution in [2.45, 2.75) is 39.0 Å². The third-order valence-corrected chi connectivity index (χ3v) is 2.24. The summed E-state index contributed by atoms with van der Waals surface area (Å²) in [6.07, 6.45) is -0.293. The van der Waals surface area contributed by atoms with E-state index < -0.39 is 12.2 Å². The highest BCUT2D eigenvalue weighted by atomic mass is 16.5. The van der Waals surface area contributed by atoms with Gasteiger partial charge in [-0.1, -0.05) is 0 Å². The van der Waals surface area contributed by atoms with E-state index >= 15 is 0 Å². The second kappa shape index (κ2) is 4.63. The highest BCUT2D eigenvalue weighted by Crippen LogP contribution is 2.29. The number of aliphatic hydroxyl groups excluding tert-OH is 2. The summed E-state index contributed by atoms with van der Waals surface area (Å²) in [6, 6.07) is 0.109. The van der Waals surface area contributed by atoms with Gasteiger partial charge >= 0.3 is 0 Å². The zero-order valence-electron chi connectivity index (χ0n) is 9.51. The highest BCUT2D eigenvalue weighted by Gasteiger charge is 2.24. The van der Waals surface area contributed by atoms with E-state index in [4.69, 9.17) is 4.74 Å². The molecule has 1 aromatic heterocycles. The molecule has 15 heavy (non-hydrogen) atoms. The Morgan fingerprint density at radius 1 is 1.33 bits per heavy atom. The van der Waals surface area contributed by atoms with Crippen molar-refractivity contribution in [2.24, 2.45) is 0 Å². The number of rotatable bonds is 4. The van der Waals surface area contributed by atoms with Crippen LogP contribution in [-0.2, 0) is 0 Å². The van der Waals surface area contributed by atoms with Crippen LogP contribution in [0, 0.1) is 0 Å². The van der Waals surface area contributed by atoms with Gasteiger partial charge in [0, 0.05) is 6.04 Å². The van der Waals surface area contributed by atoms with Gasteiger partial charge in [-0.05, 0) is 20.8 Å². The molecular formula is C10H18N2O3. The van der Waals surface area contributed by atoms with E-state index in [1.165, 1.54) is 14.0 Å². The molecule has 86 valence electrons. The van der Waals surface area contributed by atoms with Crippen LogP contribution < -0.4 is 4.74 Å². The van der Waals surface area contributed by atoms with Gasteiger partial charge in [0.05, 0.1) is 19.4 Å². The molecule has 0 fully saturated rings. The average Bonchev–Trinajstić information content (AvgIpc) is 2.59. The van der Waals surface area contributed by atoms with Crippen LogP contribution in [-0.4, -0.2) is 33.2 Å². The number of hydrogen-bond acceptors (Lipinski definition) is 4. The van der Waals surface area contributed by atoms with Crippen molar-refractivity contribution in [3.63, 3.8) is 0 Å². The monoisotopic (exact) mass is 214 g/mol. The number of nitrogens with zero attached hydrogens (tertiary/aromatic N) is 2. The third-order valence-electron chi connectivity index (χ3n) is 2.24. The first-order valence-electron chi connectivity index (χ1n) is 4.96. The first-order chi connectivity index (χ1) is 6.99. The topological polar surface area (TPSA) is 67.5 Å². The van der Waals surface area contributed by atoms with E-state index in [1.807, 2.05) is 13.8 Å². The fourth-order valence-corrected chi connectivity index (χ4v) is 1.43. The molecule has 0 saturated carbocycles. The first kappa shape index (κ1) is 12.0. The lowest BCUT2D eigenvalue weighted by atomic mass is 10.1. The Labute approximate surface area is 89.3 Å². The predicted molar refractivity (Wildman–Crippen MR) is 55.8 cm³/mol. The molecule has 1 aromatic rings. The number of hydrogen-bond donors (Lipinski definition) is 2. The van der Waals surface area contributed by atoms with Crippen molar-refractivity contribution in [2.75, 3.05) is 7.11 Å². The van der Waals surface area contributed by atoms with Crippen molar-refractivity contribution in [1.82, 2.24) is 9.78 Å². The Morgan fingerprint density at radius 3 is 2.33 bits per heavy atom. The van der Waals surface area contributed by atoms with Gasteiger partial charge < -0.3 is 14.9 Å². The van der Waals surface area contributed by atoms with Crippen LogP contribution in [0.2, 0.25) is 0 Å². The van der Waals surface area contributed by atoms with Crippen molar-refractivity contribution >= 4 is 0 Å². The van der Waals surface area contributed by atoms with Crippen LogP contribution in [0.4, 0.5) is 0 Å². The van der Waals surface area contributed by atoms with Crippen molar-refractivity contribution in [1.29, 1.82) is 0 Å². The Kier molecular flexibility index (Phi) is 3.71. The Hall–Kier alpha value is -1.07. The molecule has 1 rings (SSSR count). The molecule has 2 unspecified atom stereocenters. The lowest BCUT2D eigenvalue weighted by Crippen LogP contribution is -2.20. The maximum Gasteiger partial charge on any atom is 0.162 e. The highest BCUT2D eigenvalue weighted by molar-refractivity contribution is 5.28. The molecule has 0 aliphatic rings. The van der Waals surface area contributed by atoms with Crippen LogP contribution in [0.15, 0.2) is 6.20 Å². The van der Waals surface area contributed by atoms with Crippen LogP contribution in [0.25, 0.3) is 0 Å². The van der Waals surface area contributed by atoms with Gasteiger partial charge in [0.25, 0.3) is 0 Å². The van der Waals surface area contributed by atoms with Gasteiger partial charge in [0.2, 0.25) is 0 Å². The molecule has 0 bridgehead atoms. The molecule has 0 saturated heterocycles. The van der Waals surface area contributed by atoms with Crippen molar-refractivity contribution in [3.8, 4) is 5.75 Å². The van der Waals surface area contributed by atoms with E-state index in [1.54, 1.807) is 10.9 Å². The van der Waals surface area contributed by atoms with Crippen LogP contribution in [0.3, 0.4) is 0 Å². The molecule has 2 N–H and O–H groups in total. The zero-order valence-corrected chi connectivity index (χ0v) is 9.51. The van der Waals surface area contributed by atoms with Crippen molar-refractivity contribution in [3.05, 3.63) is 11.9 Å². The largest absolute Gasteiger partial charge is 0.493 e. The van der Waals surface area contributed by atoms with Crippen LogP contribution in [0.5, 0.6) is 5.75 Å². The maximum absolute atomic E-state index is 9.84. The summed E-state index contributed by atoms with van der Waals surface area (Å²) in [5, 5.41) is 23.3. The molecule has 0 aromatic carbocycles. The van der Waals surface area contributed by atoms with Gasteiger partial charge in [-0.3, -0.25) is 4.68 Å². The molecule has 0 radical (unpaired) electrons. The predicted octanol–water partition coefficient (Wildman–Crippen LogP) is 0.887. The SMILES string of the molecule is COc1cnn(C(C)C)c1C(O)C(C)O. The Bertz CT molecular complexity index is 320. The van der Waals surface area contributed by atoms with E-state index in [-0.39, 0.29) is 6.04 Å². The minimum atomic E-state index is -0.982. The maximum atomic E-state index is 9.84. The van der Waals surface area contributed by atoms with Crippen LogP contribution in [0.1, 0.15) is 38.6 Å². The summed E-state index contributed by atoms with van der Waals surface area (Å²) in [7, 11) is 1.51. The van der Waals surface area contributed by atoms with E-state index in [2.05, 4.69) is 5.10 Å². The summed E-state index contributed by atoms with van der Waals surface area (Å²) in [5.74, 6) is 0.497. The summed E-state index contributed by atoms with van der Waals surface area (Å²) in [5.41, 5.74) is 0.516. The van der Waals surface area contributed by atoms with Crippen LogP contribution >= 0.6 is 0 Å². The minimum Gasteiger partial charge on any atom is -0.493 e. The standard InChI is InChI=1S/C10H18N2O3/c1-6(2)12-9(10(14)7(3)13)8(15-4)5-11-12/h5-7,10,13-14H,1-4H3. The second-order valence-electron chi connectivity index (χ2n) is 3.82. The summed E-state index contributed by atoms with van der Waals surface area (Å²) >= 11 is 0. The van der Waals surface area contributed by atoms with E-state index in [0.29, 0.717) is 11.4 Å². The molecule has 5 nitrogen and oxygen atoms in total. The Balaban J connectivity index is 3.15. The molecule has 0 spiro atoms. The number of ether oxygens (including phenoxy) is 1. The normalized spacial score (nSPS) is 15.4. The van der Waals surface area contributed by atoms with Gasteiger partial charge in [-0.15, -0.1) is 0 Å². The van der Waals surface area contributed by atoms with E-state index in [9.17, 15) is 10.2 Å². The van der Waals surface area contributed by atoms with E-state index in [0.717, 1.165) is 0 Å². The third kappa shape index (κ3) is 2.30. The first-order valence-corrected chi connectivity index (χ1v) is 4.96. The molecule has 2 atom stereocenters. The summed E-state index contributed by atoms with van der Waals surface area (Å²) in [6.45, 7) is 5.43. The molecule has 5 heteroatoms. The van der Waals surface area contributed by atoms with Gasteiger partial charge in [-0.2, -0.15) is 5.10 Å². The molecule has 0 amide bonds. The van der Waals surface area contributed by atoms with Gasteiger partial charge in [-0.25, -0.2) is 0 Å². The Morgan fingerprint density at radius 2 is 1.93 bits per heavy atom. The fraction of sp³-hybridized carbons (Fsp3) is 0.700. The summed E-state index contributed by atoms with van der Waals surface area (Å²) in [4.78, 5) is 0. The fourth-order valence-electron chi connectivity index (χ4n) is 1.43. The quantitative estimate of drug-likeness (QED) is 0.781. The molecule has 0 aliphatic carbocycles. The summed E-state index contributed by atoms with van der Waals surface area (Å²) < 4.78 is 6.74. The lowest BCUT2D eigenvalue weighted by molar-refractivity contribution is 0.0226. The number of methoxy groups -OCH3 is 1. The number of aromatic nitrogens is 2. The average molecular weight is 214 g/mol. The second-order valence-corrected chi connectivity index (χ2v) is 3.82. The smallest absolute Gasteiger partial charge is 0.162 e. The molecular weight excluding hydrogens is 196 g/mol. The molecule has 1 heterocycles. The molecule has 0 aliphatic heterocycles. The van der Waals surface area contributed by atoms with Gasteiger partial charge in [0.15, 0.2) is 5.75 Å². The minimum absolute atomic E-state index is 0.109. The van der Waals surface area contributed by atoms with Gasteiger partial charge in [0.1, 0.15) is 11.8 Å². The number of aliphatic hydroxyl groups is 2. The zero-order chi connectivity index (χ0) is 11.6.